The van der Waals surface area contributed by atoms with E-state index >= 15 is 0 Å². The van der Waals surface area contributed by atoms with E-state index in [-0.39, 0.29) is 0 Å². The van der Waals surface area contributed by atoms with Crippen molar-refractivity contribution in [3.8, 4) is 79.0 Å². The van der Waals surface area contributed by atoms with Crippen LogP contribution in [-0.2, 0) is 0 Å². The quantitative estimate of drug-likeness (QED) is 0.141. The molecule has 0 amide bonds. The van der Waals surface area contributed by atoms with Gasteiger partial charge in [0, 0.05) is 62.9 Å². The van der Waals surface area contributed by atoms with Gasteiger partial charge in [-0.2, -0.15) is 0 Å². The Labute approximate surface area is 313 Å². The molecule has 0 bridgehead atoms. The number of hydrogen-bond donors (Lipinski definition) is 1. The second-order valence-corrected chi connectivity index (χ2v) is 24.6. The molecule has 53 heavy (non-hydrogen) atoms. The van der Waals surface area contributed by atoms with Crippen molar-refractivity contribution < 1.29 is 0 Å². The Hall–Kier alpha value is -6.20. The molecule has 0 atom stereocenters. The molecule has 3 aromatic carbocycles. The Morgan fingerprint density at radius 3 is 2.06 bits per heavy atom. The fourth-order valence-electron chi connectivity index (χ4n) is 5.98. The number of rotatable bonds is 5. The van der Waals surface area contributed by atoms with Gasteiger partial charge in [0.2, 0.25) is 0 Å². The number of benzene rings is 3. The van der Waals surface area contributed by atoms with Gasteiger partial charge in [0.25, 0.3) is 0 Å². The number of pyridine rings is 3. The topological polar surface area (TPSA) is 90.5 Å². The van der Waals surface area contributed by atoms with Crippen molar-refractivity contribution in [2.24, 2.45) is 0 Å². The van der Waals surface area contributed by atoms with Crippen LogP contribution in [0.4, 0.5) is 5.82 Å². The van der Waals surface area contributed by atoms with Crippen LogP contribution in [-0.4, -0.2) is 41.1 Å². The summed E-state index contributed by atoms with van der Waals surface area (Å²) in [6, 6.07) is 33.2. The molecule has 2 N–H and O–H groups in total. The summed E-state index contributed by atoms with van der Waals surface area (Å²) in [6.45, 7) is 13.5. The van der Waals surface area contributed by atoms with Crippen LogP contribution in [0.1, 0.15) is 11.1 Å². The Balaban J connectivity index is 1.43. The molecule has 0 fully saturated rings. The van der Waals surface area contributed by atoms with Crippen molar-refractivity contribution in [3.05, 3.63) is 133 Å². The van der Waals surface area contributed by atoms with Gasteiger partial charge in [-0.3, -0.25) is 9.97 Å². The van der Waals surface area contributed by atoms with Crippen LogP contribution in [0.3, 0.4) is 0 Å². The van der Waals surface area contributed by atoms with E-state index in [1.165, 1.54) is 6.33 Å². The Kier molecular flexibility index (Phi) is 9.59. The van der Waals surface area contributed by atoms with E-state index in [0.717, 1.165) is 78.1 Å². The van der Waals surface area contributed by atoms with Gasteiger partial charge >= 0.3 is 0 Å². The Bertz CT molecular complexity index is 2620. The first kappa shape index (κ1) is 35.2. The minimum absolute atomic E-state index is 0.442. The van der Waals surface area contributed by atoms with Crippen molar-refractivity contribution in [2.75, 3.05) is 5.73 Å². The number of hydrogen-bond acceptors (Lipinski definition) is 6. The SMILES string of the molecule is C[Si](C)(C)C#Cc1cccc(-c2nc(-c3ccc(-c4ncccc4-c4ccncc4)cc3C#C[Si](C)(C)C)ccc2-c2ccc3ncnc(N)c3c2)c1. The lowest BCUT2D eigenvalue weighted by atomic mass is 9.93. The number of anilines is 1. The smallest absolute Gasteiger partial charge is 0.134 e. The molecule has 7 rings (SSSR count). The molecule has 258 valence electrons. The second-order valence-electron chi connectivity index (χ2n) is 15.1. The van der Waals surface area contributed by atoms with Gasteiger partial charge in [-0.15, -0.1) is 11.1 Å². The molecule has 0 spiro atoms. The van der Waals surface area contributed by atoms with Crippen molar-refractivity contribution in [3.63, 3.8) is 0 Å². The highest BCUT2D eigenvalue weighted by atomic mass is 28.3. The van der Waals surface area contributed by atoms with Crippen molar-refractivity contribution >= 4 is 32.9 Å². The minimum atomic E-state index is -1.73. The third-order valence-electron chi connectivity index (χ3n) is 8.53. The Morgan fingerprint density at radius 1 is 0.547 bits per heavy atom. The van der Waals surface area contributed by atoms with Gasteiger partial charge < -0.3 is 5.73 Å². The Morgan fingerprint density at radius 2 is 1.26 bits per heavy atom. The van der Waals surface area contributed by atoms with Crippen molar-refractivity contribution in [2.45, 2.75) is 39.3 Å². The molecular formula is C45H40N6Si2. The molecule has 4 aromatic heterocycles. The summed E-state index contributed by atoms with van der Waals surface area (Å²) in [5.41, 5.74) is 25.6. The maximum absolute atomic E-state index is 6.32. The molecule has 0 aliphatic rings. The fraction of sp³-hybridized carbons (Fsp3) is 0.133. The summed E-state index contributed by atoms with van der Waals surface area (Å²) in [5, 5.41) is 0.801. The molecule has 0 saturated heterocycles. The maximum atomic E-state index is 6.32. The number of fused-ring (bicyclic) bond motifs is 1. The van der Waals surface area contributed by atoms with E-state index in [1.54, 1.807) is 0 Å². The predicted octanol–water partition coefficient (Wildman–Crippen LogP) is 10.2. The van der Waals surface area contributed by atoms with Crippen LogP contribution < -0.4 is 5.73 Å². The molecule has 0 radical (unpaired) electrons. The monoisotopic (exact) mass is 720 g/mol. The number of nitrogens with two attached hydrogens (primary N) is 1. The fourth-order valence-corrected chi connectivity index (χ4v) is 7.01. The third kappa shape index (κ3) is 8.16. The molecule has 6 nitrogen and oxygen atoms in total. The van der Waals surface area contributed by atoms with Crippen LogP contribution in [0.2, 0.25) is 39.3 Å². The number of aromatic nitrogens is 5. The van der Waals surface area contributed by atoms with Crippen LogP contribution in [0.5, 0.6) is 0 Å². The summed E-state index contributed by atoms with van der Waals surface area (Å²) >= 11 is 0. The first-order valence-electron chi connectivity index (χ1n) is 17.6. The van der Waals surface area contributed by atoms with Crippen LogP contribution >= 0.6 is 0 Å². The zero-order chi connectivity index (χ0) is 37.2. The van der Waals surface area contributed by atoms with Crippen molar-refractivity contribution in [1.29, 1.82) is 0 Å². The predicted molar refractivity (Wildman–Crippen MR) is 225 cm³/mol. The van der Waals surface area contributed by atoms with Crippen LogP contribution in [0.25, 0.3) is 66.9 Å². The maximum Gasteiger partial charge on any atom is 0.134 e. The van der Waals surface area contributed by atoms with Gasteiger partial charge in [-0.05, 0) is 65.7 Å². The highest BCUT2D eigenvalue weighted by molar-refractivity contribution is 6.84. The van der Waals surface area contributed by atoms with E-state index in [2.05, 4.69) is 144 Å². The molecular weight excluding hydrogens is 681 g/mol. The van der Waals surface area contributed by atoms with Gasteiger partial charge in [0.05, 0.1) is 22.6 Å². The summed E-state index contributed by atoms with van der Waals surface area (Å²) in [5.74, 6) is 7.46. The normalized spacial score (nSPS) is 11.4. The molecule has 0 aliphatic carbocycles. The highest BCUT2D eigenvalue weighted by Crippen LogP contribution is 2.37. The lowest BCUT2D eigenvalue weighted by Crippen LogP contribution is -2.16. The minimum Gasteiger partial charge on any atom is -0.383 e. The van der Waals surface area contributed by atoms with Crippen molar-refractivity contribution in [1.82, 2.24) is 24.9 Å². The molecule has 0 unspecified atom stereocenters. The van der Waals surface area contributed by atoms with Gasteiger partial charge in [-0.25, -0.2) is 15.0 Å². The zero-order valence-corrected chi connectivity index (χ0v) is 32.9. The average Bonchev–Trinajstić information content (AvgIpc) is 3.16. The average molecular weight is 721 g/mol. The van der Waals surface area contributed by atoms with Gasteiger partial charge in [0.15, 0.2) is 0 Å². The summed E-state index contributed by atoms with van der Waals surface area (Å²) in [7, 11) is -3.31. The third-order valence-corrected chi connectivity index (χ3v) is 10.3. The number of nitrogen functional groups attached to an aromatic ring is 1. The first-order valence-corrected chi connectivity index (χ1v) is 24.6. The van der Waals surface area contributed by atoms with E-state index < -0.39 is 16.1 Å². The van der Waals surface area contributed by atoms with Gasteiger partial charge in [0.1, 0.15) is 28.3 Å². The van der Waals surface area contributed by atoms with E-state index in [0.29, 0.717) is 5.82 Å². The number of nitrogens with zero attached hydrogens (tertiary/aromatic N) is 5. The lowest BCUT2D eigenvalue weighted by Gasteiger charge is -2.15. The standard InChI is InChI=1S/C45H40N6Si2/c1-52(2,3)25-20-31-9-7-10-35(27-31)44-39(33-13-16-41-40(29-33)45(46)50-30-49-41)15-17-42(51-44)37-14-12-36(28-34(37)21-26-53(4,5)6)43-38(11-8-22-48-43)32-18-23-47-24-19-32/h7-19,22-24,27-30H,1-6H3,(H2,46,49,50). The molecule has 8 heteroatoms. The molecule has 7 aromatic rings. The summed E-state index contributed by atoms with van der Waals surface area (Å²) in [6.07, 6.45) is 6.95. The van der Waals surface area contributed by atoms with E-state index in [1.807, 2.05) is 48.9 Å². The molecule has 0 saturated carbocycles. The molecule has 4 heterocycles. The van der Waals surface area contributed by atoms with E-state index in [4.69, 9.17) is 15.7 Å². The van der Waals surface area contributed by atoms with E-state index in [9.17, 15) is 0 Å². The highest BCUT2D eigenvalue weighted by Gasteiger charge is 2.18. The summed E-state index contributed by atoms with van der Waals surface area (Å²) in [4.78, 5) is 23.2. The largest absolute Gasteiger partial charge is 0.383 e. The van der Waals surface area contributed by atoms with Crippen LogP contribution in [0.15, 0.2) is 122 Å². The van der Waals surface area contributed by atoms with Gasteiger partial charge in [-0.1, -0.05) is 93.6 Å². The lowest BCUT2D eigenvalue weighted by molar-refractivity contribution is 1.23. The first-order chi connectivity index (χ1) is 25.4. The second kappa shape index (κ2) is 14.4. The molecule has 0 aliphatic heterocycles. The summed E-state index contributed by atoms with van der Waals surface area (Å²) < 4.78 is 0. The zero-order valence-electron chi connectivity index (χ0n) is 30.9. The van der Waals surface area contributed by atoms with Crippen LogP contribution in [0, 0.1) is 22.9 Å².